The number of nitrogens with zero attached hydrogens (tertiary/aromatic N) is 1. The maximum atomic E-state index is 14.0. The van der Waals surface area contributed by atoms with Crippen LogP contribution in [0.4, 0.5) is 13.6 Å². The monoisotopic (exact) mass is 631 g/mol. The van der Waals surface area contributed by atoms with Crippen LogP contribution < -0.4 is 11.5 Å². The summed E-state index contributed by atoms with van der Waals surface area (Å²) in [5.74, 6) is -2.37. The number of rotatable bonds is 15. The number of carbonyl (C=O) groups is 2. The summed E-state index contributed by atoms with van der Waals surface area (Å²) in [7, 11) is -3.73. The van der Waals surface area contributed by atoms with Gasteiger partial charge in [0.05, 0.1) is 11.4 Å². The van der Waals surface area contributed by atoms with E-state index in [0.29, 0.717) is 11.1 Å². The van der Waals surface area contributed by atoms with Crippen LogP contribution in [0.2, 0.25) is 0 Å². The first-order chi connectivity index (χ1) is 20.7. The minimum atomic E-state index is -3.73. The van der Waals surface area contributed by atoms with Gasteiger partial charge in [-0.15, -0.1) is 0 Å². The second-order valence-corrected chi connectivity index (χ2v) is 13.2. The average Bonchev–Trinajstić information content (AvgIpc) is 2.95. The highest BCUT2D eigenvalue weighted by Crippen LogP contribution is 2.21. The number of ether oxygens (including phenoxy) is 1. The molecule has 5 N–H and O–H groups in total. The number of aliphatic hydroxyl groups excluding tert-OH is 1. The molecular weight excluding hydrogens is 592 g/mol. The van der Waals surface area contributed by atoms with Crippen molar-refractivity contribution in [3.05, 3.63) is 107 Å². The summed E-state index contributed by atoms with van der Waals surface area (Å²) >= 11 is 0. The van der Waals surface area contributed by atoms with E-state index >= 15 is 0 Å². The van der Waals surface area contributed by atoms with Gasteiger partial charge in [-0.3, -0.25) is 4.79 Å². The molecule has 2 amide bonds. The number of carbonyl (C=O) groups excluding carboxylic acids is 2. The summed E-state index contributed by atoms with van der Waals surface area (Å²) in [6.07, 6.45) is -2.89. The van der Waals surface area contributed by atoms with E-state index in [1.54, 1.807) is 36.4 Å². The van der Waals surface area contributed by atoms with Gasteiger partial charge in [0.1, 0.15) is 11.6 Å². The lowest BCUT2D eigenvalue weighted by Gasteiger charge is -2.32. The van der Waals surface area contributed by atoms with Crippen LogP contribution in [0.25, 0.3) is 0 Å². The van der Waals surface area contributed by atoms with Crippen LogP contribution in [0.15, 0.2) is 72.8 Å². The molecular formula is C32H39F2N3O6S. The van der Waals surface area contributed by atoms with E-state index < -0.39 is 57.0 Å². The molecule has 44 heavy (non-hydrogen) atoms. The zero-order valence-corrected chi connectivity index (χ0v) is 25.6. The first-order valence-electron chi connectivity index (χ1n) is 14.2. The summed E-state index contributed by atoms with van der Waals surface area (Å²) in [4.78, 5) is 27.1. The Morgan fingerprint density at radius 3 is 2.11 bits per heavy atom. The predicted molar refractivity (Wildman–Crippen MR) is 163 cm³/mol. The van der Waals surface area contributed by atoms with Crippen molar-refractivity contribution < 1.29 is 36.6 Å². The summed E-state index contributed by atoms with van der Waals surface area (Å²) in [5.41, 5.74) is 14.1. The normalized spacial score (nSPS) is 14.3. The van der Waals surface area contributed by atoms with Crippen LogP contribution in [0.5, 0.6) is 0 Å². The fraction of sp³-hybridized carbons (Fsp3) is 0.375. The number of aryl methyl sites for hydroxylation is 1. The van der Waals surface area contributed by atoms with Crippen LogP contribution in [0, 0.1) is 11.6 Å². The van der Waals surface area contributed by atoms with Gasteiger partial charge in [0.2, 0.25) is 0 Å². The Morgan fingerprint density at radius 2 is 1.52 bits per heavy atom. The molecule has 4 atom stereocenters. The number of primary amides is 1. The molecule has 9 nitrogen and oxygen atoms in total. The van der Waals surface area contributed by atoms with Gasteiger partial charge in [0.15, 0.2) is 15.9 Å². The largest absolute Gasteiger partial charge is 0.436 e. The van der Waals surface area contributed by atoms with Gasteiger partial charge in [-0.05, 0) is 53.6 Å². The van der Waals surface area contributed by atoms with Crippen LogP contribution in [-0.2, 0) is 45.2 Å². The van der Waals surface area contributed by atoms with Crippen LogP contribution >= 0.6 is 0 Å². The highest BCUT2D eigenvalue weighted by molar-refractivity contribution is 7.91. The smallest absolute Gasteiger partial charge is 0.405 e. The number of amides is 2. The number of benzene rings is 3. The van der Waals surface area contributed by atoms with Gasteiger partial charge >= 0.3 is 6.09 Å². The third-order valence-electron chi connectivity index (χ3n) is 7.30. The van der Waals surface area contributed by atoms with E-state index in [1.165, 1.54) is 4.90 Å². The lowest BCUT2D eigenvalue weighted by atomic mass is 10.00. The zero-order valence-electron chi connectivity index (χ0n) is 24.7. The zero-order chi connectivity index (χ0) is 32.4. The Labute approximate surface area is 256 Å². The van der Waals surface area contributed by atoms with Crippen molar-refractivity contribution in [1.29, 1.82) is 0 Å². The number of aliphatic hydroxyl groups is 1. The fourth-order valence-electron chi connectivity index (χ4n) is 4.97. The molecule has 0 bridgehead atoms. The molecule has 0 heterocycles. The Morgan fingerprint density at radius 1 is 0.909 bits per heavy atom. The maximum absolute atomic E-state index is 14.0. The molecule has 0 spiro atoms. The van der Waals surface area contributed by atoms with Gasteiger partial charge in [0, 0.05) is 37.9 Å². The van der Waals surface area contributed by atoms with E-state index in [1.807, 2.05) is 25.1 Å². The third-order valence-corrected chi connectivity index (χ3v) is 8.87. The summed E-state index contributed by atoms with van der Waals surface area (Å²) in [6.45, 7) is 1.58. The van der Waals surface area contributed by atoms with Crippen molar-refractivity contribution in [2.45, 2.75) is 62.7 Å². The first-order valence-corrected chi connectivity index (χ1v) is 16.1. The molecule has 0 saturated carbocycles. The van der Waals surface area contributed by atoms with Crippen LogP contribution in [-0.4, -0.2) is 66.7 Å². The van der Waals surface area contributed by atoms with E-state index in [9.17, 15) is 31.9 Å². The van der Waals surface area contributed by atoms with Crippen molar-refractivity contribution in [3.8, 4) is 0 Å². The van der Waals surface area contributed by atoms with Crippen LogP contribution in [0.1, 0.15) is 35.6 Å². The van der Waals surface area contributed by atoms with E-state index in [0.717, 1.165) is 36.4 Å². The van der Waals surface area contributed by atoms with Gasteiger partial charge in [0.25, 0.3) is 5.91 Å². The SMILES string of the molecule is CCc1cccc(CN(C[C@@H](O)[C@@H](N)Cc2cc(F)cc(F)c2)C(=O)[C@@H](CC(Cc2ccccc2)S(C)(=O)=O)OC(N)=O)c1. The van der Waals surface area contributed by atoms with Gasteiger partial charge in [-0.1, -0.05) is 61.5 Å². The molecule has 0 aromatic heterocycles. The molecule has 0 aliphatic carbocycles. The molecule has 12 heteroatoms. The number of nitrogens with two attached hydrogens (primary N) is 2. The van der Waals surface area contributed by atoms with Crippen molar-refractivity contribution in [2.24, 2.45) is 11.5 Å². The molecule has 0 radical (unpaired) electrons. The molecule has 0 aliphatic heterocycles. The average molecular weight is 632 g/mol. The number of hydrogen-bond donors (Lipinski definition) is 3. The van der Waals surface area contributed by atoms with E-state index in [-0.39, 0.29) is 37.9 Å². The second-order valence-electron chi connectivity index (χ2n) is 10.9. The Kier molecular flexibility index (Phi) is 12.4. The number of sulfone groups is 1. The second kappa shape index (κ2) is 15.7. The number of halogens is 2. The summed E-state index contributed by atoms with van der Waals surface area (Å²) in [6, 6.07) is 18.1. The summed E-state index contributed by atoms with van der Waals surface area (Å²) in [5, 5.41) is 9.95. The third kappa shape index (κ3) is 10.7. The fourth-order valence-corrected chi connectivity index (χ4v) is 5.99. The molecule has 0 aliphatic rings. The molecule has 3 aromatic rings. The lowest BCUT2D eigenvalue weighted by molar-refractivity contribution is -0.143. The van der Waals surface area contributed by atoms with Crippen molar-refractivity contribution in [2.75, 3.05) is 12.8 Å². The Bertz CT molecular complexity index is 1500. The molecule has 238 valence electrons. The van der Waals surface area contributed by atoms with Crippen molar-refractivity contribution in [1.82, 2.24) is 4.90 Å². The molecule has 0 fully saturated rings. The standard InChI is InChI=1S/C32H39F2N3O6S/c1-3-21-10-7-11-23(12-21)19-37(20-29(38)28(35)16-24-13-25(33)17-26(34)14-24)31(39)30(43-32(36)40)18-27(44(2,41)42)15-22-8-5-4-6-9-22/h4-14,17,27-30,38H,3,15-16,18-20,35H2,1-2H3,(H2,36,40)/t27?,28-,29+,30+/m0/s1. The van der Waals surface area contributed by atoms with Gasteiger partial charge in [-0.2, -0.15) is 0 Å². The molecule has 0 saturated heterocycles. The van der Waals surface area contributed by atoms with E-state index in [4.69, 9.17) is 16.2 Å². The van der Waals surface area contributed by atoms with Crippen molar-refractivity contribution >= 4 is 21.8 Å². The number of hydrogen-bond acceptors (Lipinski definition) is 7. The van der Waals surface area contributed by atoms with E-state index in [2.05, 4.69) is 0 Å². The Balaban J connectivity index is 1.91. The highest BCUT2D eigenvalue weighted by atomic mass is 32.2. The minimum Gasteiger partial charge on any atom is -0.436 e. The predicted octanol–water partition coefficient (Wildman–Crippen LogP) is 3.30. The molecule has 3 rings (SSSR count). The topological polar surface area (TPSA) is 153 Å². The maximum Gasteiger partial charge on any atom is 0.405 e. The minimum absolute atomic E-state index is 0.0358. The van der Waals surface area contributed by atoms with Gasteiger partial charge in [-0.25, -0.2) is 22.0 Å². The molecule has 3 aromatic carbocycles. The lowest BCUT2D eigenvalue weighted by Crippen LogP contribution is -2.50. The Hall–Kier alpha value is -3.87. The highest BCUT2D eigenvalue weighted by Gasteiger charge is 2.35. The first kappa shape index (κ1) is 34.6. The summed E-state index contributed by atoms with van der Waals surface area (Å²) < 4.78 is 58.2. The van der Waals surface area contributed by atoms with Gasteiger partial charge < -0.3 is 26.2 Å². The molecule has 1 unspecified atom stereocenters. The van der Waals surface area contributed by atoms with Crippen molar-refractivity contribution in [3.63, 3.8) is 0 Å². The van der Waals surface area contributed by atoms with Crippen LogP contribution in [0.3, 0.4) is 0 Å². The quantitative estimate of drug-likeness (QED) is 0.233.